The molecule has 0 saturated heterocycles. The molecule has 0 aromatic heterocycles. The predicted molar refractivity (Wildman–Crippen MR) is 60.4 cm³/mol. The monoisotopic (exact) mass is 222 g/mol. The van der Waals surface area contributed by atoms with E-state index in [1.807, 2.05) is 0 Å². The predicted octanol–water partition coefficient (Wildman–Crippen LogP) is 1.22. The van der Waals surface area contributed by atoms with E-state index in [9.17, 15) is 9.59 Å². The van der Waals surface area contributed by atoms with Crippen molar-refractivity contribution in [1.82, 2.24) is 0 Å². The molecule has 86 valence electrons. The average Bonchev–Trinajstić information content (AvgIpc) is 2.26. The third-order valence-electron chi connectivity index (χ3n) is 2.28. The summed E-state index contributed by atoms with van der Waals surface area (Å²) in [4.78, 5) is 22.6. The SMILES string of the molecule is CN(C(N)=O)c1ccc(CCC(=O)O)cc1. The van der Waals surface area contributed by atoms with Gasteiger partial charge in [-0.2, -0.15) is 0 Å². The van der Waals surface area contributed by atoms with Crippen molar-refractivity contribution in [3.8, 4) is 0 Å². The van der Waals surface area contributed by atoms with Gasteiger partial charge in [0.2, 0.25) is 0 Å². The second kappa shape index (κ2) is 5.16. The van der Waals surface area contributed by atoms with E-state index < -0.39 is 12.0 Å². The van der Waals surface area contributed by atoms with E-state index in [1.165, 1.54) is 4.90 Å². The van der Waals surface area contributed by atoms with Gasteiger partial charge in [-0.15, -0.1) is 0 Å². The van der Waals surface area contributed by atoms with Crippen molar-refractivity contribution >= 4 is 17.7 Å². The number of benzene rings is 1. The van der Waals surface area contributed by atoms with Crippen molar-refractivity contribution in [1.29, 1.82) is 0 Å². The summed E-state index contributed by atoms with van der Waals surface area (Å²) in [5, 5.41) is 8.52. The van der Waals surface area contributed by atoms with Crippen molar-refractivity contribution in [2.45, 2.75) is 12.8 Å². The smallest absolute Gasteiger partial charge is 0.318 e. The Morgan fingerprint density at radius 2 is 1.88 bits per heavy atom. The normalized spacial score (nSPS) is 9.81. The molecule has 0 spiro atoms. The highest BCUT2D eigenvalue weighted by Gasteiger charge is 2.06. The van der Waals surface area contributed by atoms with Crippen molar-refractivity contribution in [3.05, 3.63) is 29.8 Å². The molecule has 16 heavy (non-hydrogen) atoms. The molecular weight excluding hydrogens is 208 g/mol. The number of primary amides is 1. The molecule has 1 aromatic rings. The number of hydrogen-bond donors (Lipinski definition) is 2. The molecule has 1 rings (SSSR count). The van der Waals surface area contributed by atoms with Gasteiger partial charge in [0.1, 0.15) is 0 Å². The summed E-state index contributed by atoms with van der Waals surface area (Å²) in [6.07, 6.45) is 0.584. The standard InChI is InChI=1S/C11H14N2O3/c1-13(11(12)16)9-5-2-8(3-6-9)4-7-10(14)15/h2-3,5-6H,4,7H2,1H3,(H2,12,16)(H,14,15). The van der Waals surface area contributed by atoms with Crippen molar-refractivity contribution in [2.24, 2.45) is 5.73 Å². The van der Waals surface area contributed by atoms with Crippen LogP contribution in [0.4, 0.5) is 10.5 Å². The maximum absolute atomic E-state index is 10.9. The third-order valence-corrected chi connectivity index (χ3v) is 2.28. The van der Waals surface area contributed by atoms with E-state index >= 15 is 0 Å². The van der Waals surface area contributed by atoms with Gasteiger partial charge < -0.3 is 10.8 Å². The van der Waals surface area contributed by atoms with Crippen LogP contribution in [0.25, 0.3) is 0 Å². The number of urea groups is 1. The first-order valence-corrected chi connectivity index (χ1v) is 4.84. The fourth-order valence-electron chi connectivity index (χ4n) is 1.26. The number of anilines is 1. The molecule has 1 aromatic carbocycles. The molecule has 0 bridgehead atoms. The molecule has 3 N–H and O–H groups in total. The van der Waals surface area contributed by atoms with Crippen molar-refractivity contribution in [3.63, 3.8) is 0 Å². The molecule has 0 radical (unpaired) electrons. The quantitative estimate of drug-likeness (QED) is 0.803. The van der Waals surface area contributed by atoms with Crippen LogP contribution in [-0.4, -0.2) is 24.2 Å². The van der Waals surface area contributed by atoms with Crippen LogP contribution in [0.1, 0.15) is 12.0 Å². The number of carbonyl (C=O) groups is 2. The molecule has 0 unspecified atom stereocenters. The lowest BCUT2D eigenvalue weighted by atomic mass is 10.1. The van der Waals surface area contributed by atoms with Crippen LogP contribution in [0.5, 0.6) is 0 Å². The van der Waals surface area contributed by atoms with Gasteiger partial charge in [-0.25, -0.2) is 4.79 Å². The number of carboxylic acids is 1. The fraction of sp³-hybridized carbons (Fsp3) is 0.273. The molecule has 0 aliphatic heterocycles. The topological polar surface area (TPSA) is 83.6 Å². The van der Waals surface area contributed by atoms with Gasteiger partial charge in [-0.1, -0.05) is 12.1 Å². The highest BCUT2D eigenvalue weighted by molar-refractivity contribution is 5.89. The van der Waals surface area contributed by atoms with Gasteiger partial charge in [0.25, 0.3) is 0 Å². The van der Waals surface area contributed by atoms with E-state index in [-0.39, 0.29) is 6.42 Å². The zero-order chi connectivity index (χ0) is 12.1. The van der Waals surface area contributed by atoms with Crippen molar-refractivity contribution in [2.75, 3.05) is 11.9 Å². The lowest BCUT2D eigenvalue weighted by molar-refractivity contribution is -0.136. The maximum Gasteiger partial charge on any atom is 0.318 e. The zero-order valence-electron chi connectivity index (χ0n) is 9.01. The molecule has 0 fully saturated rings. The molecule has 0 atom stereocenters. The Hall–Kier alpha value is -2.04. The Balaban J connectivity index is 2.67. The van der Waals surface area contributed by atoms with Gasteiger partial charge >= 0.3 is 12.0 Å². The number of nitrogens with zero attached hydrogens (tertiary/aromatic N) is 1. The summed E-state index contributed by atoms with van der Waals surface area (Å²) >= 11 is 0. The number of aliphatic carboxylic acids is 1. The Bertz CT molecular complexity index is 387. The largest absolute Gasteiger partial charge is 0.481 e. The third kappa shape index (κ3) is 3.27. The summed E-state index contributed by atoms with van der Waals surface area (Å²) in [6, 6.07) is 6.53. The minimum Gasteiger partial charge on any atom is -0.481 e. The highest BCUT2D eigenvalue weighted by Crippen LogP contribution is 2.14. The van der Waals surface area contributed by atoms with Crippen LogP contribution < -0.4 is 10.6 Å². The lowest BCUT2D eigenvalue weighted by Gasteiger charge is -2.14. The minimum atomic E-state index is -0.821. The van der Waals surface area contributed by atoms with E-state index in [0.29, 0.717) is 12.1 Å². The van der Waals surface area contributed by atoms with E-state index in [4.69, 9.17) is 10.8 Å². The first-order chi connectivity index (χ1) is 7.50. The number of carboxylic acid groups (broad SMARTS) is 1. The number of rotatable bonds is 4. The summed E-state index contributed by atoms with van der Waals surface area (Å²) in [7, 11) is 1.58. The van der Waals surface area contributed by atoms with Gasteiger partial charge in [-0.3, -0.25) is 9.69 Å². The first kappa shape index (κ1) is 12.0. The van der Waals surface area contributed by atoms with Crippen molar-refractivity contribution < 1.29 is 14.7 Å². The molecule has 2 amide bonds. The molecule has 5 heteroatoms. The fourth-order valence-corrected chi connectivity index (χ4v) is 1.26. The van der Waals surface area contributed by atoms with E-state index in [1.54, 1.807) is 31.3 Å². The number of amides is 2. The highest BCUT2D eigenvalue weighted by atomic mass is 16.4. The molecule has 0 saturated carbocycles. The molecular formula is C11H14N2O3. The first-order valence-electron chi connectivity index (χ1n) is 4.84. The Morgan fingerprint density at radius 1 is 1.31 bits per heavy atom. The number of aryl methyl sites for hydroxylation is 1. The van der Waals surface area contributed by atoms with Gasteiger partial charge in [0, 0.05) is 19.2 Å². The molecule has 5 nitrogen and oxygen atoms in total. The summed E-state index contributed by atoms with van der Waals surface area (Å²) < 4.78 is 0. The zero-order valence-corrected chi connectivity index (χ0v) is 9.01. The summed E-state index contributed by atoms with van der Waals surface area (Å²) in [6.45, 7) is 0. The molecule has 0 aliphatic carbocycles. The lowest BCUT2D eigenvalue weighted by Crippen LogP contribution is -2.31. The van der Waals surface area contributed by atoms with Gasteiger partial charge in [0.15, 0.2) is 0 Å². The van der Waals surface area contributed by atoms with E-state index in [2.05, 4.69) is 0 Å². The van der Waals surface area contributed by atoms with Crippen LogP contribution in [-0.2, 0) is 11.2 Å². The Morgan fingerprint density at radius 3 is 2.31 bits per heavy atom. The number of nitrogens with two attached hydrogens (primary N) is 1. The van der Waals surface area contributed by atoms with Crippen LogP contribution in [0.15, 0.2) is 24.3 Å². The number of hydrogen-bond acceptors (Lipinski definition) is 2. The summed E-state index contributed by atoms with van der Waals surface area (Å²) in [5.41, 5.74) is 6.72. The van der Waals surface area contributed by atoms with Crippen LogP contribution in [0.2, 0.25) is 0 Å². The second-order valence-electron chi connectivity index (χ2n) is 3.46. The number of carbonyl (C=O) groups excluding carboxylic acids is 1. The molecule has 0 heterocycles. The minimum absolute atomic E-state index is 0.102. The molecule has 0 aliphatic rings. The average molecular weight is 222 g/mol. The van der Waals surface area contributed by atoms with Crippen LogP contribution in [0, 0.1) is 0 Å². The van der Waals surface area contributed by atoms with Gasteiger partial charge in [0.05, 0.1) is 0 Å². The Kier molecular flexibility index (Phi) is 3.88. The van der Waals surface area contributed by atoms with Crippen LogP contribution >= 0.6 is 0 Å². The second-order valence-corrected chi connectivity index (χ2v) is 3.46. The van der Waals surface area contributed by atoms with Gasteiger partial charge in [-0.05, 0) is 24.1 Å². The van der Waals surface area contributed by atoms with E-state index in [0.717, 1.165) is 5.56 Å². The van der Waals surface area contributed by atoms with Crippen LogP contribution in [0.3, 0.4) is 0 Å². The maximum atomic E-state index is 10.9. The summed E-state index contributed by atoms with van der Waals surface area (Å²) in [5.74, 6) is -0.821. The Labute approximate surface area is 93.5 Å².